The molecule has 1 atom stereocenters. The number of aliphatic imine (C=N–C) groups is 1. The van der Waals surface area contributed by atoms with Gasteiger partial charge in [-0.15, -0.1) is 6.42 Å². The standard InChI is InChI=1S/C13H18N4O2/c1-2-6-17-10(12(14)15-13(17)19)9-11(18)16-7-4-3-5-8-16/h1,10H,3-9H2,(H2,14,15,19). The molecule has 0 spiro atoms. The van der Waals surface area contributed by atoms with Gasteiger partial charge in [-0.1, -0.05) is 5.92 Å². The molecule has 2 N–H and O–H groups in total. The molecule has 2 heterocycles. The van der Waals surface area contributed by atoms with E-state index in [1.54, 1.807) is 0 Å². The highest BCUT2D eigenvalue weighted by Gasteiger charge is 2.35. The largest absolute Gasteiger partial charge is 0.385 e. The first-order chi connectivity index (χ1) is 9.13. The zero-order valence-electron chi connectivity index (χ0n) is 10.8. The Kier molecular flexibility index (Phi) is 4.05. The maximum Gasteiger partial charge on any atom is 0.346 e. The number of hydrogen-bond acceptors (Lipinski definition) is 3. The summed E-state index contributed by atoms with van der Waals surface area (Å²) in [5, 5.41) is 0. The highest BCUT2D eigenvalue weighted by molar-refractivity contribution is 6.04. The number of amides is 3. The lowest BCUT2D eigenvalue weighted by molar-refractivity contribution is -0.132. The Labute approximate surface area is 112 Å². The number of nitrogens with zero attached hydrogens (tertiary/aromatic N) is 3. The second kappa shape index (κ2) is 5.74. The van der Waals surface area contributed by atoms with E-state index < -0.39 is 12.1 Å². The summed E-state index contributed by atoms with van der Waals surface area (Å²) in [6.45, 7) is 1.69. The van der Waals surface area contributed by atoms with Crippen molar-refractivity contribution < 1.29 is 9.59 Å². The summed E-state index contributed by atoms with van der Waals surface area (Å²) in [6.07, 6.45) is 8.62. The Morgan fingerprint density at radius 1 is 1.42 bits per heavy atom. The molecule has 6 heteroatoms. The Bertz CT molecular complexity index is 446. The lowest BCUT2D eigenvalue weighted by Crippen LogP contribution is -2.45. The van der Waals surface area contributed by atoms with Crippen molar-refractivity contribution in [3.63, 3.8) is 0 Å². The molecule has 1 saturated heterocycles. The number of carbonyl (C=O) groups excluding carboxylic acids is 2. The molecule has 0 aromatic carbocycles. The number of urea groups is 1. The number of carbonyl (C=O) groups is 2. The average Bonchev–Trinajstić information content (AvgIpc) is 2.67. The van der Waals surface area contributed by atoms with Crippen LogP contribution in [0, 0.1) is 12.3 Å². The molecule has 6 nitrogen and oxygen atoms in total. The van der Waals surface area contributed by atoms with Crippen molar-refractivity contribution in [3.8, 4) is 12.3 Å². The maximum absolute atomic E-state index is 12.2. The van der Waals surface area contributed by atoms with Crippen LogP contribution in [0.3, 0.4) is 0 Å². The van der Waals surface area contributed by atoms with E-state index in [4.69, 9.17) is 12.2 Å². The molecule has 1 fully saturated rings. The second-order valence-corrected chi connectivity index (χ2v) is 4.81. The van der Waals surface area contributed by atoms with Crippen LogP contribution in [0.2, 0.25) is 0 Å². The van der Waals surface area contributed by atoms with Crippen molar-refractivity contribution in [2.45, 2.75) is 31.7 Å². The van der Waals surface area contributed by atoms with E-state index in [1.165, 1.54) is 11.3 Å². The predicted octanol–water partition coefficient (Wildman–Crippen LogP) is 0.184. The minimum atomic E-state index is -0.488. The number of likely N-dealkylation sites (tertiary alicyclic amines) is 1. The second-order valence-electron chi connectivity index (χ2n) is 4.81. The minimum absolute atomic E-state index is 0.0135. The quantitative estimate of drug-likeness (QED) is 0.737. The van der Waals surface area contributed by atoms with Crippen molar-refractivity contribution in [1.82, 2.24) is 9.80 Å². The molecule has 0 saturated carbocycles. The fourth-order valence-corrected chi connectivity index (χ4v) is 2.47. The number of rotatable bonds is 3. The normalized spacial score (nSPS) is 23.2. The van der Waals surface area contributed by atoms with Crippen LogP contribution in [-0.2, 0) is 4.79 Å². The van der Waals surface area contributed by atoms with Crippen molar-refractivity contribution in [2.24, 2.45) is 10.7 Å². The first-order valence-electron chi connectivity index (χ1n) is 6.49. The van der Waals surface area contributed by atoms with Crippen molar-refractivity contribution in [1.29, 1.82) is 0 Å². The molecule has 0 aliphatic carbocycles. The van der Waals surface area contributed by atoms with E-state index >= 15 is 0 Å². The van der Waals surface area contributed by atoms with Crippen molar-refractivity contribution in [2.75, 3.05) is 19.6 Å². The van der Waals surface area contributed by atoms with Gasteiger partial charge in [-0.05, 0) is 19.3 Å². The molecule has 2 rings (SSSR count). The van der Waals surface area contributed by atoms with Gasteiger partial charge < -0.3 is 15.5 Å². The SMILES string of the molecule is C#CCN1C(=O)N=C(N)C1CC(=O)N1CCCCC1. The van der Waals surface area contributed by atoms with E-state index in [-0.39, 0.29) is 24.7 Å². The van der Waals surface area contributed by atoms with E-state index in [0.29, 0.717) is 0 Å². The first-order valence-corrected chi connectivity index (χ1v) is 6.49. The lowest BCUT2D eigenvalue weighted by atomic mass is 10.1. The van der Waals surface area contributed by atoms with Gasteiger partial charge in [-0.3, -0.25) is 4.79 Å². The third-order valence-corrected chi connectivity index (χ3v) is 3.53. The van der Waals surface area contributed by atoms with Gasteiger partial charge in [0.1, 0.15) is 11.9 Å². The van der Waals surface area contributed by atoms with Crippen LogP contribution < -0.4 is 5.73 Å². The van der Waals surface area contributed by atoms with Crippen LogP contribution in [0.5, 0.6) is 0 Å². The smallest absolute Gasteiger partial charge is 0.346 e. The average molecular weight is 262 g/mol. The van der Waals surface area contributed by atoms with Crippen molar-refractivity contribution >= 4 is 17.8 Å². The van der Waals surface area contributed by atoms with E-state index in [0.717, 1.165) is 25.9 Å². The van der Waals surface area contributed by atoms with Gasteiger partial charge >= 0.3 is 6.03 Å². The lowest BCUT2D eigenvalue weighted by Gasteiger charge is -2.29. The predicted molar refractivity (Wildman–Crippen MR) is 71.4 cm³/mol. The third kappa shape index (κ3) is 2.87. The Hall–Kier alpha value is -2.03. The van der Waals surface area contributed by atoms with Gasteiger partial charge in [0.25, 0.3) is 0 Å². The number of hydrogen-bond donors (Lipinski definition) is 1. The molecule has 2 aliphatic rings. The molecule has 0 aromatic heterocycles. The molecule has 0 aromatic rings. The zero-order chi connectivity index (χ0) is 13.8. The summed E-state index contributed by atoms with van der Waals surface area (Å²) < 4.78 is 0. The summed E-state index contributed by atoms with van der Waals surface area (Å²) in [5.74, 6) is 2.59. The highest BCUT2D eigenvalue weighted by atomic mass is 16.2. The van der Waals surface area contributed by atoms with Gasteiger partial charge in [0.05, 0.1) is 13.0 Å². The van der Waals surface area contributed by atoms with Gasteiger partial charge in [-0.2, -0.15) is 4.99 Å². The van der Waals surface area contributed by atoms with Gasteiger partial charge in [-0.25, -0.2) is 4.79 Å². The van der Waals surface area contributed by atoms with Crippen LogP contribution in [0.15, 0.2) is 4.99 Å². The van der Waals surface area contributed by atoms with Crippen LogP contribution in [-0.4, -0.2) is 53.2 Å². The molecule has 19 heavy (non-hydrogen) atoms. The van der Waals surface area contributed by atoms with Gasteiger partial charge in [0.2, 0.25) is 5.91 Å². The molecule has 0 bridgehead atoms. The van der Waals surface area contributed by atoms with E-state index in [2.05, 4.69) is 10.9 Å². The number of piperidine rings is 1. The summed E-state index contributed by atoms with van der Waals surface area (Å²) in [7, 11) is 0. The Balaban J connectivity index is 2.00. The summed E-state index contributed by atoms with van der Waals surface area (Å²) >= 11 is 0. The zero-order valence-corrected chi connectivity index (χ0v) is 10.8. The molecule has 0 radical (unpaired) electrons. The summed E-state index contributed by atoms with van der Waals surface area (Å²) in [5.41, 5.74) is 5.72. The topological polar surface area (TPSA) is 79.0 Å². The van der Waals surface area contributed by atoms with Gasteiger partial charge in [0.15, 0.2) is 0 Å². The van der Waals surface area contributed by atoms with E-state index in [9.17, 15) is 9.59 Å². The van der Waals surface area contributed by atoms with Crippen LogP contribution in [0.25, 0.3) is 0 Å². The molecular weight excluding hydrogens is 244 g/mol. The first kappa shape index (κ1) is 13.4. The molecule has 102 valence electrons. The van der Waals surface area contributed by atoms with Gasteiger partial charge in [0, 0.05) is 13.1 Å². The molecular formula is C13H18N4O2. The molecule has 3 amide bonds. The van der Waals surface area contributed by atoms with Crippen LogP contribution in [0.1, 0.15) is 25.7 Å². The summed E-state index contributed by atoms with van der Waals surface area (Å²) in [4.78, 5) is 30.6. The monoisotopic (exact) mass is 262 g/mol. The van der Waals surface area contributed by atoms with Crippen molar-refractivity contribution in [3.05, 3.63) is 0 Å². The fourth-order valence-electron chi connectivity index (χ4n) is 2.47. The van der Waals surface area contributed by atoms with E-state index in [1.807, 2.05) is 4.90 Å². The fraction of sp³-hybridized carbons (Fsp3) is 0.615. The number of terminal acetylenes is 1. The Morgan fingerprint density at radius 3 is 2.74 bits per heavy atom. The molecule has 1 unspecified atom stereocenters. The molecule has 2 aliphatic heterocycles. The van der Waals surface area contributed by atoms with Crippen LogP contribution in [0.4, 0.5) is 4.79 Å². The Morgan fingerprint density at radius 2 is 2.11 bits per heavy atom. The number of amidine groups is 1. The minimum Gasteiger partial charge on any atom is -0.385 e. The van der Waals surface area contributed by atoms with Crippen LogP contribution >= 0.6 is 0 Å². The number of nitrogens with two attached hydrogens (primary N) is 1. The highest BCUT2D eigenvalue weighted by Crippen LogP contribution is 2.17. The third-order valence-electron chi connectivity index (χ3n) is 3.53. The summed E-state index contributed by atoms with van der Waals surface area (Å²) in [6, 6.07) is -0.940. The maximum atomic E-state index is 12.2.